The maximum absolute atomic E-state index is 12.2. The number of piperazine rings is 1. The second kappa shape index (κ2) is 5.19. The summed E-state index contributed by atoms with van der Waals surface area (Å²) in [5.74, 6) is 0. The van der Waals surface area contributed by atoms with Gasteiger partial charge in [0.2, 0.25) is 0 Å². The third-order valence-electron chi connectivity index (χ3n) is 3.20. The molecule has 1 aromatic rings. The number of likely N-dealkylation sites (N-methyl/N-ethyl adjacent to an activating group) is 1. The molecule has 0 aliphatic carbocycles. The Hall–Kier alpha value is -1.55. The molecule has 0 atom stereocenters. The van der Waals surface area contributed by atoms with Crippen molar-refractivity contribution < 1.29 is 4.79 Å². The summed E-state index contributed by atoms with van der Waals surface area (Å²) >= 11 is 0. The number of hydrogen-bond acceptors (Lipinski definition) is 2. The van der Waals surface area contributed by atoms with Crippen molar-refractivity contribution in [3.05, 3.63) is 30.3 Å². The first-order chi connectivity index (χ1) is 8.18. The first-order valence-electron chi connectivity index (χ1n) is 5.94. The predicted molar refractivity (Wildman–Crippen MR) is 69.3 cm³/mol. The maximum Gasteiger partial charge on any atom is 0.324 e. The zero-order valence-corrected chi connectivity index (χ0v) is 10.5. The van der Waals surface area contributed by atoms with E-state index in [0.717, 1.165) is 31.9 Å². The van der Waals surface area contributed by atoms with Crippen LogP contribution in [-0.4, -0.2) is 56.1 Å². The second-order valence-corrected chi connectivity index (χ2v) is 4.47. The molecule has 0 aromatic heterocycles. The smallest absolute Gasteiger partial charge is 0.322 e. The highest BCUT2D eigenvalue weighted by Gasteiger charge is 2.22. The van der Waals surface area contributed by atoms with Crippen molar-refractivity contribution in [3.8, 4) is 0 Å². The number of anilines is 1. The van der Waals surface area contributed by atoms with Crippen LogP contribution in [0, 0.1) is 0 Å². The number of carbonyl (C=O) groups excluding carboxylic acids is 1. The standard InChI is InChI=1S/C13H19N3O/c1-14-8-10-16(11-9-14)13(17)15(2)12-6-4-3-5-7-12/h3-7H,8-11H2,1-2H3. The van der Waals surface area contributed by atoms with Gasteiger partial charge in [0, 0.05) is 38.9 Å². The lowest BCUT2D eigenvalue weighted by Gasteiger charge is -2.34. The third kappa shape index (κ3) is 2.77. The molecule has 2 amide bonds. The van der Waals surface area contributed by atoms with Crippen LogP contribution in [0.4, 0.5) is 10.5 Å². The van der Waals surface area contributed by atoms with Crippen molar-refractivity contribution in [2.24, 2.45) is 0 Å². The average Bonchev–Trinajstić information content (AvgIpc) is 2.39. The minimum atomic E-state index is 0.0873. The Balaban J connectivity index is 2.00. The van der Waals surface area contributed by atoms with Gasteiger partial charge in [-0.3, -0.25) is 4.90 Å². The first-order valence-corrected chi connectivity index (χ1v) is 5.94. The van der Waals surface area contributed by atoms with Crippen molar-refractivity contribution in [1.29, 1.82) is 0 Å². The van der Waals surface area contributed by atoms with Crippen molar-refractivity contribution in [2.75, 3.05) is 45.2 Å². The molecule has 0 saturated carbocycles. The molecule has 1 aliphatic heterocycles. The first kappa shape index (κ1) is 11.9. The molecule has 1 heterocycles. The number of carbonyl (C=O) groups is 1. The monoisotopic (exact) mass is 233 g/mol. The molecule has 1 aliphatic rings. The van der Waals surface area contributed by atoms with Gasteiger partial charge in [-0.25, -0.2) is 4.79 Å². The number of amides is 2. The fourth-order valence-electron chi connectivity index (χ4n) is 1.97. The number of nitrogens with zero attached hydrogens (tertiary/aromatic N) is 3. The number of para-hydroxylation sites is 1. The van der Waals surface area contributed by atoms with Crippen LogP contribution >= 0.6 is 0 Å². The van der Waals surface area contributed by atoms with E-state index in [-0.39, 0.29) is 6.03 Å². The van der Waals surface area contributed by atoms with Gasteiger partial charge in [0.05, 0.1) is 0 Å². The highest BCUT2D eigenvalue weighted by Crippen LogP contribution is 2.14. The lowest BCUT2D eigenvalue weighted by Crippen LogP contribution is -2.51. The van der Waals surface area contributed by atoms with Gasteiger partial charge in [-0.15, -0.1) is 0 Å². The van der Waals surface area contributed by atoms with E-state index in [1.54, 1.807) is 4.90 Å². The Kier molecular flexibility index (Phi) is 3.64. The Morgan fingerprint density at radius 2 is 1.71 bits per heavy atom. The van der Waals surface area contributed by atoms with E-state index in [1.165, 1.54) is 0 Å². The number of rotatable bonds is 1. The van der Waals surface area contributed by atoms with Crippen molar-refractivity contribution in [2.45, 2.75) is 0 Å². The Labute approximate surface area is 102 Å². The summed E-state index contributed by atoms with van der Waals surface area (Å²) in [5, 5.41) is 0. The second-order valence-electron chi connectivity index (χ2n) is 4.47. The Morgan fingerprint density at radius 1 is 1.12 bits per heavy atom. The molecule has 1 fully saturated rings. The lowest BCUT2D eigenvalue weighted by atomic mass is 10.3. The van der Waals surface area contributed by atoms with Crippen molar-refractivity contribution in [3.63, 3.8) is 0 Å². The van der Waals surface area contributed by atoms with E-state index in [1.807, 2.05) is 42.3 Å². The van der Waals surface area contributed by atoms with E-state index in [4.69, 9.17) is 0 Å². The quantitative estimate of drug-likeness (QED) is 0.735. The van der Waals surface area contributed by atoms with Crippen LogP contribution in [0.3, 0.4) is 0 Å². The molecule has 4 heteroatoms. The summed E-state index contributed by atoms with van der Waals surface area (Å²) in [4.78, 5) is 18.1. The Morgan fingerprint density at radius 3 is 2.29 bits per heavy atom. The highest BCUT2D eigenvalue weighted by atomic mass is 16.2. The van der Waals surface area contributed by atoms with Gasteiger partial charge in [0.25, 0.3) is 0 Å². The van der Waals surface area contributed by atoms with Crippen LogP contribution in [0.25, 0.3) is 0 Å². The maximum atomic E-state index is 12.2. The van der Waals surface area contributed by atoms with E-state index >= 15 is 0 Å². The van der Waals surface area contributed by atoms with Gasteiger partial charge in [-0.1, -0.05) is 18.2 Å². The largest absolute Gasteiger partial charge is 0.324 e. The van der Waals surface area contributed by atoms with E-state index < -0.39 is 0 Å². The number of hydrogen-bond donors (Lipinski definition) is 0. The minimum Gasteiger partial charge on any atom is -0.322 e. The summed E-state index contributed by atoms with van der Waals surface area (Å²) in [5.41, 5.74) is 0.941. The molecule has 1 aromatic carbocycles. The molecule has 0 unspecified atom stereocenters. The van der Waals surface area contributed by atoms with E-state index in [9.17, 15) is 4.79 Å². The van der Waals surface area contributed by atoms with Gasteiger partial charge in [0.15, 0.2) is 0 Å². The number of urea groups is 1. The molecule has 92 valence electrons. The molecular weight excluding hydrogens is 214 g/mol. The van der Waals surface area contributed by atoms with E-state index in [0.29, 0.717) is 0 Å². The normalized spacial score (nSPS) is 16.9. The van der Waals surface area contributed by atoms with Crippen LogP contribution in [0.5, 0.6) is 0 Å². The van der Waals surface area contributed by atoms with Crippen LogP contribution in [0.1, 0.15) is 0 Å². The van der Waals surface area contributed by atoms with Gasteiger partial charge in [-0.2, -0.15) is 0 Å². The molecule has 0 spiro atoms. The van der Waals surface area contributed by atoms with Crippen molar-refractivity contribution >= 4 is 11.7 Å². The number of benzene rings is 1. The SMILES string of the molecule is CN1CCN(C(=O)N(C)c2ccccc2)CC1. The molecule has 1 saturated heterocycles. The topological polar surface area (TPSA) is 26.8 Å². The van der Waals surface area contributed by atoms with Crippen LogP contribution in [0.2, 0.25) is 0 Å². The van der Waals surface area contributed by atoms with Crippen LogP contribution < -0.4 is 4.90 Å². The summed E-state index contributed by atoms with van der Waals surface area (Å²) in [6, 6.07) is 9.84. The van der Waals surface area contributed by atoms with Crippen LogP contribution in [0.15, 0.2) is 30.3 Å². The van der Waals surface area contributed by atoms with Crippen molar-refractivity contribution in [1.82, 2.24) is 9.80 Å². The minimum absolute atomic E-state index is 0.0873. The highest BCUT2D eigenvalue weighted by molar-refractivity contribution is 5.91. The van der Waals surface area contributed by atoms with Gasteiger partial charge < -0.3 is 9.80 Å². The fraction of sp³-hybridized carbons (Fsp3) is 0.462. The average molecular weight is 233 g/mol. The van der Waals surface area contributed by atoms with Crippen LogP contribution in [-0.2, 0) is 0 Å². The molecule has 4 nitrogen and oxygen atoms in total. The summed E-state index contributed by atoms with van der Waals surface area (Å²) in [6.45, 7) is 3.53. The summed E-state index contributed by atoms with van der Waals surface area (Å²) in [6.07, 6.45) is 0. The fourth-order valence-corrected chi connectivity index (χ4v) is 1.97. The Bertz CT molecular complexity index is 372. The van der Waals surface area contributed by atoms with Gasteiger partial charge >= 0.3 is 6.03 Å². The third-order valence-corrected chi connectivity index (χ3v) is 3.20. The summed E-state index contributed by atoms with van der Waals surface area (Å²) < 4.78 is 0. The molecule has 17 heavy (non-hydrogen) atoms. The molecule has 0 radical (unpaired) electrons. The van der Waals surface area contributed by atoms with Gasteiger partial charge in [0.1, 0.15) is 0 Å². The molecular formula is C13H19N3O. The lowest BCUT2D eigenvalue weighted by molar-refractivity contribution is 0.160. The summed E-state index contributed by atoms with van der Waals surface area (Å²) in [7, 11) is 3.92. The zero-order valence-electron chi connectivity index (χ0n) is 10.5. The molecule has 0 bridgehead atoms. The molecule has 0 N–H and O–H groups in total. The van der Waals surface area contributed by atoms with E-state index in [2.05, 4.69) is 11.9 Å². The van der Waals surface area contributed by atoms with Gasteiger partial charge in [-0.05, 0) is 19.2 Å². The zero-order chi connectivity index (χ0) is 12.3. The predicted octanol–water partition coefficient (Wildman–Crippen LogP) is 1.49. The molecule has 2 rings (SSSR count).